The molecule has 0 aromatic heterocycles. The molecule has 1 radical (unpaired) electrons. The van der Waals surface area contributed by atoms with Crippen LogP contribution in [0.2, 0.25) is 0 Å². The van der Waals surface area contributed by atoms with E-state index in [0.717, 1.165) is 0 Å². The van der Waals surface area contributed by atoms with Gasteiger partial charge in [-0.2, -0.15) is 0 Å². The zero-order valence-corrected chi connectivity index (χ0v) is 5.60. The molecular weight excluding hydrogens is 123 g/mol. The van der Waals surface area contributed by atoms with Crippen molar-refractivity contribution in [2.24, 2.45) is 0 Å². The summed E-state index contributed by atoms with van der Waals surface area (Å²) in [7, 11) is 0. The fraction of sp³-hybridized carbons (Fsp3) is 0.833. The molecule has 9 heavy (non-hydrogen) atoms. The zero-order chi connectivity index (χ0) is 7.11. The van der Waals surface area contributed by atoms with Gasteiger partial charge in [-0.25, -0.2) is 4.39 Å². The van der Waals surface area contributed by atoms with Gasteiger partial charge in [-0.3, -0.25) is 0 Å². The standard InChI is InChI=1S/C6H12FO2/c1-3-8-5-6(7)9-4-2/h6H,1,3-5H2,2H3. The van der Waals surface area contributed by atoms with E-state index in [1.54, 1.807) is 6.92 Å². The summed E-state index contributed by atoms with van der Waals surface area (Å²) in [6.45, 7) is 5.75. The SMILES string of the molecule is [CH2]COCC(F)OCC. The summed E-state index contributed by atoms with van der Waals surface area (Å²) in [5, 5.41) is 0. The Kier molecular flexibility index (Phi) is 5.88. The van der Waals surface area contributed by atoms with Gasteiger partial charge in [0.15, 0.2) is 0 Å². The Bertz CT molecular complexity index is 59.0. The van der Waals surface area contributed by atoms with Crippen molar-refractivity contribution in [2.75, 3.05) is 19.8 Å². The first-order valence-electron chi connectivity index (χ1n) is 2.94. The van der Waals surface area contributed by atoms with Gasteiger partial charge in [-0.1, -0.05) is 0 Å². The molecule has 0 fully saturated rings. The highest BCUT2D eigenvalue weighted by Gasteiger charge is 2.02. The highest BCUT2D eigenvalue weighted by atomic mass is 19.1. The number of rotatable bonds is 5. The molecule has 0 aliphatic rings. The molecule has 0 rings (SSSR count). The van der Waals surface area contributed by atoms with E-state index in [2.05, 4.69) is 16.4 Å². The molecule has 0 amide bonds. The van der Waals surface area contributed by atoms with Crippen molar-refractivity contribution in [3.8, 4) is 0 Å². The van der Waals surface area contributed by atoms with Gasteiger partial charge in [-0.15, -0.1) is 0 Å². The molecule has 0 aromatic rings. The van der Waals surface area contributed by atoms with Gasteiger partial charge in [0.1, 0.15) is 6.61 Å². The number of halogens is 1. The Labute approximate surface area is 55.0 Å². The summed E-state index contributed by atoms with van der Waals surface area (Å²) in [6, 6.07) is 0. The Hall–Kier alpha value is -0.150. The van der Waals surface area contributed by atoms with Gasteiger partial charge in [0.25, 0.3) is 0 Å². The summed E-state index contributed by atoms with van der Waals surface area (Å²) < 4.78 is 21.4. The van der Waals surface area contributed by atoms with Crippen molar-refractivity contribution < 1.29 is 13.9 Å². The van der Waals surface area contributed by atoms with Gasteiger partial charge in [0.2, 0.25) is 6.36 Å². The van der Waals surface area contributed by atoms with Gasteiger partial charge in [0, 0.05) is 13.2 Å². The lowest BCUT2D eigenvalue weighted by Crippen LogP contribution is -2.13. The van der Waals surface area contributed by atoms with Crippen LogP contribution in [0.1, 0.15) is 6.92 Å². The number of alkyl halides is 1. The van der Waals surface area contributed by atoms with Crippen LogP contribution in [0, 0.1) is 6.92 Å². The molecular formula is C6H12FO2. The van der Waals surface area contributed by atoms with Crippen molar-refractivity contribution in [1.82, 2.24) is 0 Å². The molecule has 0 N–H and O–H groups in total. The third kappa shape index (κ3) is 5.73. The quantitative estimate of drug-likeness (QED) is 0.563. The molecule has 1 unspecified atom stereocenters. The van der Waals surface area contributed by atoms with Crippen LogP contribution in [0.4, 0.5) is 4.39 Å². The second-order valence-electron chi connectivity index (χ2n) is 1.44. The van der Waals surface area contributed by atoms with Crippen molar-refractivity contribution in [2.45, 2.75) is 13.3 Å². The van der Waals surface area contributed by atoms with Crippen LogP contribution in [0.15, 0.2) is 0 Å². The highest BCUT2D eigenvalue weighted by Crippen LogP contribution is 1.93. The normalized spacial score (nSPS) is 13.7. The summed E-state index contributed by atoms with van der Waals surface area (Å²) in [5.41, 5.74) is 0. The van der Waals surface area contributed by atoms with E-state index in [0.29, 0.717) is 6.61 Å². The topological polar surface area (TPSA) is 18.5 Å². The molecule has 1 atom stereocenters. The van der Waals surface area contributed by atoms with E-state index in [-0.39, 0.29) is 13.2 Å². The second-order valence-corrected chi connectivity index (χ2v) is 1.44. The van der Waals surface area contributed by atoms with Crippen LogP contribution in [-0.4, -0.2) is 26.2 Å². The average molecular weight is 135 g/mol. The highest BCUT2D eigenvalue weighted by molar-refractivity contribution is 4.38. The molecule has 0 saturated carbocycles. The molecule has 0 aliphatic heterocycles. The molecule has 0 aliphatic carbocycles. The third-order valence-electron chi connectivity index (χ3n) is 0.741. The summed E-state index contributed by atoms with van der Waals surface area (Å²) in [5.74, 6) is 0. The number of ether oxygens (including phenoxy) is 2. The largest absolute Gasteiger partial charge is 0.376 e. The smallest absolute Gasteiger partial charge is 0.222 e. The predicted molar refractivity (Wildman–Crippen MR) is 32.7 cm³/mol. The molecule has 0 aromatic carbocycles. The van der Waals surface area contributed by atoms with Crippen molar-refractivity contribution in [1.29, 1.82) is 0 Å². The second kappa shape index (κ2) is 5.98. The van der Waals surface area contributed by atoms with Gasteiger partial charge in [-0.05, 0) is 13.8 Å². The third-order valence-corrected chi connectivity index (χ3v) is 0.741. The fourth-order valence-electron chi connectivity index (χ4n) is 0.405. The lowest BCUT2D eigenvalue weighted by Gasteiger charge is -2.06. The molecule has 0 saturated heterocycles. The first-order chi connectivity index (χ1) is 4.31. The van der Waals surface area contributed by atoms with Gasteiger partial charge < -0.3 is 9.47 Å². The summed E-state index contributed by atoms with van der Waals surface area (Å²) >= 11 is 0. The minimum atomic E-state index is -1.29. The average Bonchev–Trinajstić information content (AvgIpc) is 1.85. The van der Waals surface area contributed by atoms with Crippen LogP contribution in [-0.2, 0) is 9.47 Å². The van der Waals surface area contributed by atoms with Gasteiger partial charge in [0.05, 0.1) is 0 Å². The molecule has 0 bridgehead atoms. The lowest BCUT2D eigenvalue weighted by molar-refractivity contribution is -0.0800. The first kappa shape index (κ1) is 8.85. The first-order valence-corrected chi connectivity index (χ1v) is 2.94. The maximum Gasteiger partial charge on any atom is 0.222 e. The van der Waals surface area contributed by atoms with Crippen LogP contribution >= 0.6 is 0 Å². The van der Waals surface area contributed by atoms with E-state index in [1.807, 2.05) is 0 Å². The fourth-order valence-corrected chi connectivity index (χ4v) is 0.405. The zero-order valence-electron chi connectivity index (χ0n) is 5.60. The maximum atomic E-state index is 12.2. The molecule has 0 spiro atoms. The van der Waals surface area contributed by atoms with Crippen molar-refractivity contribution in [3.05, 3.63) is 6.92 Å². The van der Waals surface area contributed by atoms with E-state index in [9.17, 15) is 4.39 Å². The van der Waals surface area contributed by atoms with E-state index in [4.69, 9.17) is 0 Å². The summed E-state index contributed by atoms with van der Waals surface area (Å²) in [6.07, 6.45) is -1.29. The Balaban J connectivity index is 2.95. The minimum absolute atomic E-state index is 0.0165. The van der Waals surface area contributed by atoms with E-state index >= 15 is 0 Å². The number of hydrogen-bond donors (Lipinski definition) is 0. The van der Waals surface area contributed by atoms with Crippen LogP contribution in [0.3, 0.4) is 0 Å². The minimum Gasteiger partial charge on any atom is -0.376 e. The maximum absolute atomic E-state index is 12.2. The van der Waals surface area contributed by atoms with Crippen LogP contribution in [0.25, 0.3) is 0 Å². The van der Waals surface area contributed by atoms with Crippen LogP contribution < -0.4 is 0 Å². The van der Waals surface area contributed by atoms with E-state index in [1.165, 1.54) is 0 Å². The monoisotopic (exact) mass is 135 g/mol. The van der Waals surface area contributed by atoms with E-state index < -0.39 is 6.36 Å². The van der Waals surface area contributed by atoms with Crippen molar-refractivity contribution >= 4 is 0 Å². The molecule has 55 valence electrons. The summed E-state index contributed by atoms with van der Waals surface area (Å²) in [4.78, 5) is 0. The van der Waals surface area contributed by atoms with Gasteiger partial charge >= 0.3 is 0 Å². The van der Waals surface area contributed by atoms with Crippen LogP contribution in [0.5, 0.6) is 0 Å². The molecule has 3 heteroatoms. The lowest BCUT2D eigenvalue weighted by atomic mass is 10.7. The number of hydrogen-bond acceptors (Lipinski definition) is 2. The van der Waals surface area contributed by atoms with Crippen molar-refractivity contribution in [3.63, 3.8) is 0 Å². The molecule has 2 nitrogen and oxygen atoms in total. The Morgan fingerprint density at radius 3 is 2.78 bits per heavy atom. The Morgan fingerprint density at radius 2 is 2.33 bits per heavy atom. The predicted octanol–water partition coefficient (Wildman–Crippen LogP) is 1.17. The molecule has 0 heterocycles. The Morgan fingerprint density at radius 1 is 1.67 bits per heavy atom.